The number of likely N-dealkylation sites (tertiary alicyclic amines) is 1. The summed E-state index contributed by atoms with van der Waals surface area (Å²) in [4.78, 5) is 41.3. The summed E-state index contributed by atoms with van der Waals surface area (Å²) in [6.45, 7) is 4.45. The monoisotopic (exact) mass is 402 g/mol. The van der Waals surface area contributed by atoms with E-state index in [-0.39, 0.29) is 30.6 Å². The molecule has 1 N–H and O–H groups in total. The molecule has 3 heterocycles. The number of carbonyl (C=O) groups is 3. The van der Waals surface area contributed by atoms with Gasteiger partial charge in [0.15, 0.2) is 0 Å². The molecule has 1 fully saturated rings. The number of pyridine rings is 1. The van der Waals surface area contributed by atoms with Gasteiger partial charge in [-0.25, -0.2) is 4.98 Å². The molecular weight excluding hydrogens is 380 g/mol. The number of aromatic nitrogens is 2. The number of imide groups is 1. The van der Waals surface area contributed by atoms with Gasteiger partial charge in [-0.05, 0) is 32.4 Å². The van der Waals surface area contributed by atoms with E-state index in [1.807, 2.05) is 13.8 Å². The maximum atomic E-state index is 12.5. The molecule has 9 heteroatoms. The van der Waals surface area contributed by atoms with Crippen LogP contribution in [0.4, 0.5) is 0 Å². The lowest BCUT2D eigenvalue weighted by atomic mass is 10.2. The van der Waals surface area contributed by atoms with Gasteiger partial charge in [-0.3, -0.25) is 19.3 Å². The molecule has 148 valence electrons. The summed E-state index contributed by atoms with van der Waals surface area (Å²) in [6, 6.07) is 3.45. The second-order valence-electron chi connectivity index (χ2n) is 6.50. The highest BCUT2D eigenvalue weighted by molar-refractivity contribution is 7.98. The van der Waals surface area contributed by atoms with Crippen molar-refractivity contribution in [2.24, 2.45) is 0 Å². The largest absolute Gasteiger partial charge is 0.361 e. The van der Waals surface area contributed by atoms with Crippen LogP contribution >= 0.6 is 11.8 Å². The quantitative estimate of drug-likeness (QED) is 0.410. The highest BCUT2D eigenvalue weighted by Gasteiger charge is 2.28. The first kappa shape index (κ1) is 20.1. The average molecular weight is 402 g/mol. The van der Waals surface area contributed by atoms with Gasteiger partial charge in [0.1, 0.15) is 10.8 Å². The van der Waals surface area contributed by atoms with Crippen LogP contribution in [-0.4, -0.2) is 45.9 Å². The Kier molecular flexibility index (Phi) is 6.45. The van der Waals surface area contributed by atoms with Crippen LogP contribution in [0.25, 0.3) is 0 Å². The average Bonchev–Trinajstić information content (AvgIpc) is 3.18. The second-order valence-corrected chi connectivity index (χ2v) is 7.46. The molecular formula is C19H22N4O4S. The molecule has 0 atom stereocenters. The number of thioether (sulfide) groups is 1. The lowest BCUT2D eigenvalue weighted by Gasteiger charge is -2.14. The zero-order valence-corrected chi connectivity index (χ0v) is 16.7. The highest BCUT2D eigenvalue weighted by atomic mass is 32.2. The Morgan fingerprint density at radius 2 is 2.04 bits per heavy atom. The predicted molar refractivity (Wildman–Crippen MR) is 103 cm³/mol. The van der Waals surface area contributed by atoms with Gasteiger partial charge in [0.25, 0.3) is 5.91 Å². The number of nitrogens with one attached hydrogen (secondary N) is 1. The van der Waals surface area contributed by atoms with Crippen molar-refractivity contribution >= 4 is 29.5 Å². The first-order valence-corrected chi connectivity index (χ1v) is 10.1. The van der Waals surface area contributed by atoms with E-state index in [2.05, 4.69) is 15.5 Å². The van der Waals surface area contributed by atoms with Crippen LogP contribution in [0.15, 0.2) is 27.9 Å². The fourth-order valence-corrected chi connectivity index (χ4v) is 4.08. The van der Waals surface area contributed by atoms with Crippen LogP contribution in [0.1, 0.15) is 46.6 Å². The number of carbonyl (C=O) groups excluding carboxylic acids is 3. The minimum Gasteiger partial charge on any atom is -0.361 e. The number of aryl methyl sites for hydroxylation is 2. The summed E-state index contributed by atoms with van der Waals surface area (Å²) >= 11 is 1.45. The Hall–Kier alpha value is -2.68. The molecule has 0 bridgehead atoms. The third-order valence-electron chi connectivity index (χ3n) is 4.55. The van der Waals surface area contributed by atoms with Crippen molar-refractivity contribution in [3.63, 3.8) is 0 Å². The van der Waals surface area contributed by atoms with Gasteiger partial charge in [-0.1, -0.05) is 5.16 Å². The van der Waals surface area contributed by atoms with E-state index >= 15 is 0 Å². The third-order valence-corrected chi connectivity index (χ3v) is 5.58. The minimum absolute atomic E-state index is 0.137. The lowest BCUT2D eigenvalue weighted by molar-refractivity contribution is -0.138. The van der Waals surface area contributed by atoms with Gasteiger partial charge in [0.05, 0.1) is 11.3 Å². The van der Waals surface area contributed by atoms with Crippen molar-refractivity contribution in [2.45, 2.75) is 43.9 Å². The Labute approximate surface area is 167 Å². The molecule has 0 aliphatic carbocycles. The summed E-state index contributed by atoms with van der Waals surface area (Å²) in [6.07, 6.45) is 2.74. The van der Waals surface area contributed by atoms with Crippen molar-refractivity contribution in [1.82, 2.24) is 20.4 Å². The third kappa shape index (κ3) is 4.59. The molecule has 1 saturated heterocycles. The molecule has 1 aliphatic heterocycles. The topological polar surface area (TPSA) is 105 Å². The molecule has 0 unspecified atom stereocenters. The van der Waals surface area contributed by atoms with Crippen molar-refractivity contribution in [2.75, 3.05) is 13.1 Å². The SMILES string of the molecule is Cc1noc(C)c1CSc1ncccc1C(=O)NCCCN1C(=O)CCC1=O. The lowest BCUT2D eigenvalue weighted by Crippen LogP contribution is -2.33. The summed E-state index contributed by atoms with van der Waals surface area (Å²) in [7, 11) is 0. The van der Waals surface area contributed by atoms with E-state index in [1.54, 1.807) is 18.3 Å². The maximum absolute atomic E-state index is 12.5. The maximum Gasteiger partial charge on any atom is 0.254 e. The van der Waals surface area contributed by atoms with Crippen LogP contribution in [-0.2, 0) is 15.3 Å². The van der Waals surface area contributed by atoms with Gasteiger partial charge < -0.3 is 9.84 Å². The van der Waals surface area contributed by atoms with Crippen LogP contribution in [0, 0.1) is 13.8 Å². The fraction of sp³-hybridized carbons (Fsp3) is 0.421. The Morgan fingerprint density at radius 1 is 1.29 bits per heavy atom. The van der Waals surface area contributed by atoms with E-state index in [1.165, 1.54) is 16.7 Å². The first-order chi connectivity index (χ1) is 13.5. The van der Waals surface area contributed by atoms with Crippen molar-refractivity contribution in [3.8, 4) is 0 Å². The molecule has 3 rings (SSSR count). The number of hydrogen-bond donors (Lipinski definition) is 1. The van der Waals surface area contributed by atoms with Crippen LogP contribution < -0.4 is 5.32 Å². The molecule has 8 nitrogen and oxygen atoms in total. The molecule has 0 aromatic carbocycles. The Balaban J connectivity index is 1.54. The van der Waals surface area contributed by atoms with Crippen molar-refractivity contribution in [3.05, 3.63) is 40.9 Å². The van der Waals surface area contributed by atoms with Gasteiger partial charge in [0.2, 0.25) is 11.8 Å². The summed E-state index contributed by atoms with van der Waals surface area (Å²) in [5, 5.41) is 7.41. The molecule has 0 radical (unpaired) electrons. The first-order valence-electron chi connectivity index (χ1n) is 9.08. The Morgan fingerprint density at radius 3 is 2.71 bits per heavy atom. The predicted octanol–water partition coefficient (Wildman–Crippen LogP) is 2.25. The van der Waals surface area contributed by atoms with Crippen LogP contribution in [0.5, 0.6) is 0 Å². The summed E-state index contributed by atoms with van der Waals surface area (Å²) in [5.74, 6) is 0.868. The van der Waals surface area contributed by atoms with Crippen molar-refractivity contribution < 1.29 is 18.9 Å². The highest BCUT2D eigenvalue weighted by Crippen LogP contribution is 2.27. The van der Waals surface area contributed by atoms with Gasteiger partial charge in [-0.2, -0.15) is 0 Å². The van der Waals surface area contributed by atoms with Gasteiger partial charge in [-0.15, -0.1) is 11.8 Å². The van der Waals surface area contributed by atoms with E-state index in [4.69, 9.17) is 4.52 Å². The number of rotatable bonds is 8. The second kappa shape index (κ2) is 9.01. The fourth-order valence-electron chi connectivity index (χ4n) is 2.93. The van der Waals surface area contributed by atoms with Crippen molar-refractivity contribution in [1.29, 1.82) is 0 Å². The Bertz CT molecular complexity index is 860. The molecule has 2 aromatic rings. The van der Waals surface area contributed by atoms with Gasteiger partial charge >= 0.3 is 0 Å². The van der Waals surface area contributed by atoms with Crippen LogP contribution in [0.3, 0.4) is 0 Å². The number of amides is 3. The number of nitrogens with zero attached hydrogens (tertiary/aromatic N) is 3. The van der Waals surface area contributed by atoms with E-state index in [0.717, 1.165) is 17.0 Å². The van der Waals surface area contributed by atoms with E-state index < -0.39 is 0 Å². The molecule has 3 amide bonds. The van der Waals surface area contributed by atoms with Crippen LogP contribution in [0.2, 0.25) is 0 Å². The molecule has 0 saturated carbocycles. The zero-order chi connectivity index (χ0) is 20.1. The van der Waals surface area contributed by atoms with E-state index in [9.17, 15) is 14.4 Å². The summed E-state index contributed by atoms with van der Waals surface area (Å²) in [5.41, 5.74) is 2.33. The summed E-state index contributed by atoms with van der Waals surface area (Å²) < 4.78 is 5.17. The van der Waals surface area contributed by atoms with E-state index in [0.29, 0.717) is 35.9 Å². The van der Waals surface area contributed by atoms with Gasteiger partial charge in [0, 0.05) is 43.4 Å². The smallest absolute Gasteiger partial charge is 0.254 e. The zero-order valence-electron chi connectivity index (χ0n) is 15.9. The molecule has 2 aromatic heterocycles. The number of hydrogen-bond acceptors (Lipinski definition) is 7. The normalized spacial score (nSPS) is 14.0. The standard InChI is InChI=1S/C19H22N4O4S/c1-12-15(13(2)27-22-12)11-28-19-14(5-3-8-21-19)18(26)20-9-4-10-23-16(24)6-7-17(23)25/h3,5,8H,4,6-7,9-11H2,1-2H3,(H,20,26). The molecule has 0 spiro atoms. The minimum atomic E-state index is -0.228. The molecule has 28 heavy (non-hydrogen) atoms. The molecule has 1 aliphatic rings.